The molecule has 0 aliphatic carbocycles. The molecule has 0 aromatic heterocycles. The minimum absolute atomic E-state index is 0.0859. The Morgan fingerprint density at radius 2 is 1.79 bits per heavy atom. The number of rotatable bonds is 11. The van der Waals surface area contributed by atoms with Gasteiger partial charge in [0.25, 0.3) is 11.7 Å². The van der Waals surface area contributed by atoms with Gasteiger partial charge in [-0.3, -0.25) is 9.59 Å². The highest BCUT2D eigenvalue weighted by atomic mass is 35.5. The van der Waals surface area contributed by atoms with E-state index < -0.39 is 17.7 Å². The predicted molar refractivity (Wildman–Crippen MR) is 135 cm³/mol. The number of nitrogens with zero attached hydrogens (tertiary/aromatic N) is 2. The third-order valence-corrected chi connectivity index (χ3v) is 6.32. The van der Waals surface area contributed by atoms with Gasteiger partial charge in [-0.05, 0) is 74.4 Å². The second kappa shape index (κ2) is 12.0. The van der Waals surface area contributed by atoms with Gasteiger partial charge in [-0.25, -0.2) is 0 Å². The number of aliphatic hydroxyl groups is 1. The summed E-state index contributed by atoms with van der Waals surface area (Å²) in [5, 5.41) is 11.7. The smallest absolute Gasteiger partial charge is 0.295 e. The van der Waals surface area contributed by atoms with Crippen molar-refractivity contribution in [2.45, 2.75) is 39.7 Å². The van der Waals surface area contributed by atoms with Crippen LogP contribution in [0.15, 0.2) is 54.1 Å². The van der Waals surface area contributed by atoms with E-state index in [9.17, 15) is 14.7 Å². The normalized spacial score (nSPS) is 17.6. The molecule has 1 heterocycles. The molecule has 0 unspecified atom stereocenters. The van der Waals surface area contributed by atoms with Crippen LogP contribution < -0.4 is 4.74 Å². The summed E-state index contributed by atoms with van der Waals surface area (Å²) in [6.45, 7) is 9.87. The summed E-state index contributed by atoms with van der Waals surface area (Å²) in [6, 6.07) is 13.3. The minimum Gasteiger partial charge on any atom is -0.507 e. The quantitative estimate of drug-likeness (QED) is 0.267. The van der Waals surface area contributed by atoms with E-state index in [0.29, 0.717) is 29.5 Å². The van der Waals surface area contributed by atoms with Crippen molar-refractivity contribution in [3.05, 3.63) is 70.3 Å². The van der Waals surface area contributed by atoms with Crippen molar-refractivity contribution in [3.8, 4) is 5.75 Å². The molecule has 0 saturated carbocycles. The molecule has 34 heavy (non-hydrogen) atoms. The summed E-state index contributed by atoms with van der Waals surface area (Å²) in [5.74, 6) is -0.814. The van der Waals surface area contributed by atoms with E-state index in [4.69, 9.17) is 16.3 Å². The van der Waals surface area contributed by atoms with E-state index in [0.717, 1.165) is 38.0 Å². The molecule has 0 bridgehead atoms. The van der Waals surface area contributed by atoms with Gasteiger partial charge in [0.15, 0.2) is 0 Å². The molecule has 1 saturated heterocycles. The summed E-state index contributed by atoms with van der Waals surface area (Å²) < 4.78 is 5.79. The van der Waals surface area contributed by atoms with Crippen LogP contribution in [0.1, 0.15) is 50.8 Å². The Labute approximate surface area is 206 Å². The van der Waals surface area contributed by atoms with Gasteiger partial charge in [0.2, 0.25) is 0 Å². The zero-order valence-electron chi connectivity index (χ0n) is 20.1. The Kier molecular flexibility index (Phi) is 9.13. The van der Waals surface area contributed by atoms with Crippen molar-refractivity contribution in [3.63, 3.8) is 0 Å². The average Bonchev–Trinajstić information content (AvgIpc) is 3.10. The lowest BCUT2D eigenvalue weighted by Gasteiger charge is -2.27. The van der Waals surface area contributed by atoms with Crippen molar-refractivity contribution < 1.29 is 19.4 Å². The number of ketones is 1. The van der Waals surface area contributed by atoms with Crippen LogP contribution in [0.5, 0.6) is 5.75 Å². The Morgan fingerprint density at radius 1 is 1.09 bits per heavy atom. The zero-order valence-corrected chi connectivity index (χ0v) is 20.8. The van der Waals surface area contributed by atoms with Crippen LogP contribution in [-0.2, 0) is 9.59 Å². The first-order chi connectivity index (χ1) is 16.4. The fourth-order valence-corrected chi connectivity index (χ4v) is 4.35. The van der Waals surface area contributed by atoms with Crippen molar-refractivity contribution in [2.75, 3.05) is 32.8 Å². The predicted octanol–water partition coefficient (Wildman–Crippen LogP) is 5.28. The molecule has 2 aromatic carbocycles. The molecule has 1 aliphatic rings. The fraction of sp³-hybridized carbons (Fsp3) is 0.407. The van der Waals surface area contributed by atoms with E-state index in [-0.39, 0.29) is 11.3 Å². The molecule has 1 fully saturated rings. The largest absolute Gasteiger partial charge is 0.507 e. The standard InChI is InChI=1S/C27H33ClN2O4/c1-4-17-34-22-10-7-9-20(18-22)24-23(25(31)19-11-13-21(28)14-12-19)26(32)27(33)30(24)16-8-15-29(5-2)6-3/h7,9-14,18,24,31H,4-6,8,15-17H2,1-3H3/b25-23+/t24-/m0/s1. The van der Waals surface area contributed by atoms with Crippen LogP contribution >= 0.6 is 11.6 Å². The number of Topliss-reactive ketones (excluding diaryl/α,β-unsaturated/α-hetero) is 1. The second-order valence-corrected chi connectivity index (χ2v) is 8.74. The summed E-state index contributed by atoms with van der Waals surface area (Å²) >= 11 is 6.00. The molecule has 182 valence electrons. The van der Waals surface area contributed by atoms with Gasteiger partial charge < -0.3 is 19.6 Å². The lowest BCUT2D eigenvalue weighted by Crippen LogP contribution is -2.33. The molecule has 0 spiro atoms. The number of likely N-dealkylation sites (tertiary alicyclic amines) is 1. The number of hydrogen-bond donors (Lipinski definition) is 1. The molecule has 1 atom stereocenters. The molecule has 7 heteroatoms. The molecule has 0 radical (unpaired) electrons. The lowest BCUT2D eigenvalue weighted by molar-refractivity contribution is -0.140. The van der Waals surface area contributed by atoms with Crippen molar-refractivity contribution in [2.24, 2.45) is 0 Å². The van der Waals surface area contributed by atoms with E-state index >= 15 is 0 Å². The van der Waals surface area contributed by atoms with Gasteiger partial charge in [0.05, 0.1) is 18.2 Å². The first kappa shape index (κ1) is 25.8. The third-order valence-electron chi connectivity index (χ3n) is 6.07. The number of amides is 1. The van der Waals surface area contributed by atoms with Gasteiger partial charge in [0.1, 0.15) is 11.5 Å². The van der Waals surface area contributed by atoms with Crippen LogP contribution in [0.2, 0.25) is 5.02 Å². The number of carbonyl (C=O) groups is 2. The van der Waals surface area contributed by atoms with E-state index in [2.05, 4.69) is 18.7 Å². The van der Waals surface area contributed by atoms with Crippen LogP contribution in [-0.4, -0.2) is 59.4 Å². The van der Waals surface area contributed by atoms with Crippen molar-refractivity contribution in [1.29, 1.82) is 0 Å². The second-order valence-electron chi connectivity index (χ2n) is 8.30. The molecule has 2 aromatic rings. The maximum Gasteiger partial charge on any atom is 0.295 e. The molecule has 1 aliphatic heterocycles. The molecule has 1 N–H and O–H groups in total. The number of benzene rings is 2. The van der Waals surface area contributed by atoms with Crippen molar-refractivity contribution >= 4 is 29.1 Å². The van der Waals surface area contributed by atoms with Crippen LogP contribution in [0, 0.1) is 0 Å². The lowest BCUT2D eigenvalue weighted by atomic mass is 9.95. The van der Waals surface area contributed by atoms with Gasteiger partial charge in [-0.15, -0.1) is 0 Å². The Hall–Kier alpha value is -2.83. The van der Waals surface area contributed by atoms with Crippen LogP contribution in [0.4, 0.5) is 0 Å². The van der Waals surface area contributed by atoms with Gasteiger partial charge in [-0.1, -0.05) is 44.5 Å². The van der Waals surface area contributed by atoms with Crippen molar-refractivity contribution in [1.82, 2.24) is 9.80 Å². The number of halogens is 1. The number of carbonyl (C=O) groups excluding carboxylic acids is 2. The molecule has 3 rings (SSSR count). The fourth-order valence-electron chi connectivity index (χ4n) is 4.22. The summed E-state index contributed by atoms with van der Waals surface area (Å²) in [4.78, 5) is 30.1. The molecule has 6 nitrogen and oxygen atoms in total. The average molecular weight is 485 g/mol. The topological polar surface area (TPSA) is 70.1 Å². The summed E-state index contributed by atoms with van der Waals surface area (Å²) in [5.41, 5.74) is 1.25. The van der Waals surface area contributed by atoms with E-state index in [1.165, 1.54) is 0 Å². The number of aliphatic hydroxyl groups excluding tert-OH is 1. The molecular formula is C27H33ClN2O4. The number of ether oxygens (including phenoxy) is 1. The maximum atomic E-state index is 13.2. The third kappa shape index (κ3) is 5.80. The highest BCUT2D eigenvalue weighted by Crippen LogP contribution is 2.40. The minimum atomic E-state index is -0.697. The zero-order chi connectivity index (χ0) is 24.7. The van der Waals surface area contributed by atoms with Gasteiger partial charge in [0, 0.05) is 17.1 Å². The molecular weight excluding hydrogens is 452 g/mol. The van der Waals surface area contributed by atoms with Gasteiger partial charge >= 0.3 is 0 Å². The van der Waals surface area contributed by atoms with E-state index in [1.54, 1.807) is 29.2 Å². The highest BCUT2D eigenvalue weighted by molar-refractivity contribution is 6.46. The highest BCUT2D eigenvalue weighted by Gasteiger charge is 2.45. The van der Waals surface area contributed by atoms with Crippen LogP contribution in [0.25, 0.3) is 5.76 Å². The Balaban J connectivity index is 2.03. The maximum absolute atomic E-state index is 13.2. The number of hydrogen-bond acceptors (Lipinski definition) is 5. The Bertz CT molecular complexity index is 1030. The summed E-state index contributed by atoms with van der Waals surface area (Å²) in [6.07, 6.45) is 1.59. The Morgan fingerprint density at radius 3 is 2.44 bits per heavy atom. The van der Waals surface area contributed by atoms with Crippen LogP contribution in [0.3, 0.4) is 0 Å². The van der Waals surface area contributed by atoms with E-state index in [1.807, 2.05) is 31.2 Å². The SMILES string of the molecule is CCCOc1cccc([C@H]2/C(=C(\O)c3ccc(Cl)cc3)C(=O)C(=O)N2CCCN(CC)CC)c1. The summed E-state index contributed by atoms with van der Waals surface area (Å²) in [7, 11) is 0. The first-order valence-electron chi connectivity index (χ1n) is 11.9. The monoisotopic (exact) mass is 484 g/mol. The van der Waals surface area contributed by atoms with Gasteiger partial charge in [-0.2, -0.15) is 0 Å². The first-order valence-corrected chi connectivity index (χ1v) is 12.3. The molecule has 1 amide bonds.